The predicted octanol–water partition coefficient (Wildman–Crippen LogP) is 4.96. The van der Waals surface area contributed by atoms with Gasteiger partial charge in [0.25, 0.3) is 0 Å². The average Bonchev–Trinajstić information content (AvgIpc) is 3.28. The third-order valence-corrected chi connectivity index (χ3v) is 7.04. The van der Waals surface area contributed by atoms with Crippen LogP contribution in [0.25, 0.3) is 0 Å². The van der Waals surface area contributed by atoms with E-state index in [-0.39, 0.29) is 5.78 Å². The molecule has 1 aliphatic heterocycles. The summed E-state index contributed by atoms with van der Waals surface area (Å²) >= 11 is 6.16. The number of nitrogens with two attached hydrogens (primary N) is 1. The van der Waals surface area contributed by atoms with Gasteiger partial charge in [0.15, 0.2) is 5.78 Å². The number of likely N-dealkylation sites (tertiary alicyclic amines) is 1. The second-order valence-electron chi connectivity index (χ2n) is 9.04. The minimum Gasteiger partial charge on any atom is -0.497 e. The first-order valence-corrected chi connectivity index (χ1v) is 12.6. The Morgan fingerprint density at radius 2 is 1.57 bits per heavy atom. The number of ketones is 1. The molecule has 1 aliphatic rings. The van der Waals surface area contributed by atoms with Gasteiger partial charge in [-0.25, -0.2) is 4.79 Å². The molecule has 37 heavy (non-hydrogen) atoms. The van der Waals surface area contributed by atoms with E-state index in [0.29, 0.717) is 40.4 Å². The van der Waals surface area contributed by atoms with Gasteiger partial charge in [0.1, 0.15) is 11.8 Å². The number of methoxy groups -OCH3 is 1. The smallest absolute Gasteiger partial charge is 0.318 e. The van der Waals surface area contributed by atoms with Crippen molar-refractivity contribution in [2.24, 2.45) is 11.7 Å². The molecule has 4 atom stereocenters. The fraction of sp³-hybridized carbons (Fsp3) is 0.276. The lowest BCUT2D eigenvalue weighted by molar-refractivity contribution is -0.122. The summed E-state index contributed by atoms with van der Waals surface area (Å²) in [6, 6.07) is 20.8. The molecule has 4 unspecified atom stereocenters. The Kier molecular flexibility index (Phi) is 8.14. The summed E-state index contributed by atoms with van der Waals surface area (Å²) in [6.45, 7) is 2.36. The highest BCUT2D eigenvalue weighted by atomic mass is 35.5. The molecule has 1 fully saturated rings. The highest BCUT2D eigenvalue weighted by Crippen LogP contribution is 2.51. The van der Waals surface area contributed by atoms with Gasteiger partial charge in [-0.3, -0.25) is 9.59 Å². The molecule has 0 aromatic heterocycles. The Morgan fingerprint density at radius 1 is 0.946 bits per heavy atom. The molecule has 3 aromatic rings. The lowest BCUT2D eigenvalue weighted by Gasteiger charge is -2.31. The van der Waals surface area contributed by atoms with Crippen molar-refractivity contribution in [2.45, 2.75) is 31.3 Å². The van der Waals surface area contributed by atoms with E-state index < -0.39 is 35.9 Å². The van der Waals surface area contributed by atoms with Crippen LogP contribution in [0.1, 0.15) is 46.8 Å². The molecule has 7 nitrogen and oxygen atoms in total. The molecule has 1 saturated heterocycles. The van der Waals surface area contributed by atoms with Crippen molar-refractivity contribution in [1.29, 1.82) is 0 Å². The third-order valence-electron chi connectivity index (χ3n) is 6.79. The molecular weight excluding hydrogens is 490 g/mol. The summed E-state index contributed by atoms with van der Waals surface area (Å²) in [4.78, 5) is 42.3. The van der Waals surface area contributed by atoms with E-state index in [9.17, 15) is 14.4 Å². The van der Waals surface area contributed by atoms with Crippen LogP contribution in [0.5, 0.6) is 5.75 Å². The average molecular weight is 520 g/mol. The summed E-state index contributed by atoms with van der Waals surface area (Å²) in [5.41, 5.74) is 7.87. The summed E-state index contributed by atoms with van der Waals surface area (Å²) in [6.07, 6.45) is 0.709. The Bertz CT molecular complexity index is 1250. The SMILES string of the molecule is CCCNC(=O)N1C(C(N)=O)C(c2ccc(Cl)cc2)C(C(=O)c2ccccc2)C1c1ccc(OC)cc1. The number of Topliss-reactive ketones (excluding diaryl/α,β-unsaturated/α-hetero) is 1. The fourth-order valence-corrected chi connectivity index (χ4v) is 5.27. The summed E-state index contributed by atoms with van der Waals surface area (Å²) in [7, 11) is 1.57. The van der Waals surface area contributed by atoms with E-state index in [4.69, 9.17) is 22.1 Å². The zero-order valence-corrected chi connectivity index (χ0v) is 21.5. The van der Waals surface area contributed by atoms with Gasteiger partial charge in [-0.05, 0) is 41.8 Å². The van der Waals surface area contributed by atoms with Gasteiger partial charge in [-0.2, -0.15) is 0 Å². The first-order valence-electron chi connectivity index (χ1n) is 12.2. The first kappa shape index (κ1) is 26.2. The van der Waals surface area contributed by atoms with E-state index in [1.54, 1.807) is 67.8 Å². The maximum atomic E-state index is 14.2. The van der Waals surface area contributed by atoms with Crippen molar-refractivity contribution in [3.8, 4) is 5.75 Å². The zero-order chi connectivity index (χ0) is 26.5. The van der Waals surface area contributed by atoms with Crippen LogP contribution in [-0.4, -0.2) is 42.3 Å². The number of rotatable bonds is 8. The van der Waals surface area contributed by atoms with Gasteiger partial charge in [-0.1, -0.05) is 73.1 Å². The minimum atomic E-state index is -1.07. The summed E-state index contributed by atoms with van der Waals surface area (Å²) in [5, 5.41) is 3.40. The van der Waals surface area contributed by atoms with Gasteiger partial charge >= 0.3 is 6.03 Å². The number of urea groups is 1. The van der Waals surface area contributed by atoms with Crippen LogP contribution in [0.3, 0.4) is 0 Å². The third kappa shape index (κ3) is 5.32. The molecule has 0 radical (unpaired) electrons. The molecule has 0 bridgehead atoms. The van der Waals surface area contributed by atoms with Crippen LogP contribution in [0.2, 0.25) is 5.02 Å². The van der Waals surface area contributed by atoms with Crippen molar-refractivity contribution in [2.75, 3.05) is 13.7 Å². The maximum absolute atomic E-state index is 14.2. The number of halogens is 1. The van der Waals surface area contributed by atoms with Gasteiger partial charge < -0.3 is 20.7 Å². The zero-order valence-electron chi connectivity index (χ0n) is 20.8. The van der Waals surface area contributed by atoms with Crippen molar-refractivity contribution >= 4 is 29.3 Å². The number of carbonyl (C=O) groups is 3. The Hall–Kier alpha value is -3.84. The van der Waals surface area contributed by atoms with Crippen molar-refractivity contribution in [3.05, 3.63) is 101 Å². The van der Waals surface area contributed by atoms with Crippen molar-refractivity contribution in [3.63, 3.8) is 0 Å². The van der Waals surface area contributed by atoms with Crippen LogP contribution in [-0.2, 0) is 4.79 Å². The van der Waals surface area contributed by atoms with Gasteiger partial charge in [0.05, 0.1) is 19.1 Å². The Morgan fingerprint density at radius 3 is 2.14 bits per heavy atom. The fourth-order valence-electron chi connectivity index (χ4n) is 5.15. The lowest BCUT2D eigenvalue weighted by atomic mass is 9.76. The highest BCUT2D eigenvalue weighted by molar-refractivity contribution is 6.30. The molecule has 8 heteroatoms. The molecule has 0 aliphatic carbocycles. The Labute approximate surface area is 221 Å². The van der Waals surface area contributed by atoms with E-state index in [0.717, 1.165) is 0 Å². The number of ether oxygens (including phenoxy) is 1. The van der Waals surface area contributed by atoms with Crippen LogP contribution in [0, 0.1) is 5.92 Å². The number of hydrogen-bond donors (Lipinski definition) is 2. The van der Waals surface area contributed by atoms with Crippen molar-refractivity contribution in [1.82, 2.24) is 10.2 Å². The molecule has 3 aromatic carbocycles. The van der Waals surface area contributed by atoms with E-state index in [1.165, 1.54) is 4.90 Å². The van der Waals surface area contributed by atoms with Gasteiger partial charge in [0, 0.05) is 23.0 Å². The maximum Gasteiger partial charge on any atom is 0.318 e. The molecule has 3 amide bonds. The number of hydrogen-bond acceptors (Lipinski definition) is 4. The largest absolute Gasteiger partial charge is 0.497 e. The van der Waals surface area contributed by atoms with Crippen LogP contribution >= 0.6 is 11.6 Å². The number of primary amides is 1. The number of carbonyl (C=O) groups excluding carboxylic acids is 3. The van der Waals surface area contributed by atoms with Gasteiger partial charge in [-0.15, -0.1) is 0 Å². The number of benzene rings is 3. The number of nitrogens with one attached hydrogen (secondary N) is 1. The summed E-state index contributed by atoms with van der Waals surface area (Å²) in [5.74, 6) is -1.72. The summed E-state index contributed by atoms with van der Waals surface area (Å²) < 4.78 is 5.32. The highest BCUT2D eigenvalue weighted by Gasteiger charge is 2.57. The Balaban J connectivity index is 1.95. The van der Waals surface area contributed by atoms with E-state index in [2.05, 4.69) is 5.32 Å². The van der Waals surface area contributed by atoms with E-state index >= 15 is 0 Å². The topological polar surface area (TPSA) is 102 Å². The quantitative estimate of drug-likeness (QED) is 0.410. The molecule has 192 valence electrons. The van der Waals surface area contributed by atoms with E-state index in [1.807, 2.05) is 25.1 Å². The van der Waals surface area contributed by atoms with Crippen LogP contribution in [0.15, 0.2) is 78.9 Å². The molecular formula is C29H30ClN3O4. The second kappa shape index (κ2) is 11.5. The molecule has 4 rings (SSSR count). The standard InChI is InChI=1S/C29H30ClN3O4/c1-3-17-32-29(36)33-25(19-11-15-22(37-2)16-12-19)24(27(34)20-7-5-4-6-8-20)23(26(33)28(31)35)18-9-13-21(30)14-10-18/h4-16,23-26H,3,17H2,1-2H3,(H2,31,35)(H,32,36). The minimum absolute atomic E-state index is 0.182. The predicted molar refractivity (Wildman–Crippen MR) is 143 cm³/mol. The molecule has 3 N–H and O–H groups in total. The number of amides is 3. The first-order chi connectivity index (χ1) is 17.9. The normalized spacial score (nSPS) is 20.9. The molecule has 0 saturated carbocycles. The lowest BCUT2D eigenvalue weighted by Crippen LogP contribution is -2.50. The molecule has 1 heterocycles. The van der Waals surface area contributed by atoms with Crippen LogP contribution in [0.4, 0.5) is 4.79 Å². The number of nitrogens with zero attached hydrogens (tertiary/aromatic N) is 1. The van der Waals surface area contributed by atoms with Crippen molar-refractivity contribution < 1.29 is 19.1 Å². The monoisotopic (exact) mass is 519 g/mol. The van der Waals surface area contributed by atoms with Gasteiger partial charge in [0.2, 0.25) is 5.91 Å². The molecule has 0 spiro atoms. The second-order valence-corrected chi connectivity index (χ2v) is 9.47. The van der Waals surface area contributed by atoms with Crippen LogP contribution < -0.4 is 15.8 Å².